The van der Waals surface area contributed by atoms with Crippen molar-refractivity contribution in [1.82, 2.24) is 10.3 Å². The number of aromatic amines is 1. The fourth-order valence-corrected chi connectivity index (χ4v) is 3.56. The van der Waals surface area contributed by atoms with Crippen LogP contribution >= 0.6 is 0 Å². The highest BCUT2D eigenvalue weighted by Gasteiger charge is 2.21. The molecule has 0 bridgehead atoms. The number of halogens is 1. The molecule has 5 nitrogen and oxygen atoms in total. The average molecular weight is 382 g/mol. The molecular weight excluding hydrogens is 359 g/mol. The first-order valence-electron chi connectivity index (χ1n) is 9.10. The van der Waals surface area contributed by atoms with E-state index in [0.29, 0.717) is 5.56 Å². The number of fused-ring (bicyclic) bond motifs is 1. The van der Waals surface area contributed by atoms with Gasteiger partial charge in [0.25, 0.3) is 0 Å². The molecule has 0 spiro atoms. The second-order valence-corrected chi connectivity index (χ2v) is 7.12. The standard InChI is InChI=1S/C22H23FN2O3/c1-12-4-5-13(2)22-21(12)17(14(3)24-22)10-19(26)25-18(11-20(27)28)15-6-8-16(23)9-7-15/h4-9,18,24H,10-11H2,1-3H3,(H,25,26)(H,27,28)/t18-/m0/s1. The minimum absolute atomic E-state index is 0.132. The van der Waals surface area contributed by atoms with E-state index in [2.05, 4.69) is 10.3 Å². The van der Waals surface area contributed by atoms with Crippen LogP contribution in [0.15, 0.2) is 36.4 Å². The van der Waals surface area contributed by atoms with Crippen LogP contribution in [-0.4, -0.2) is 22.0 Å². The van der Waals surface area contributed by atoms with E-state index < -0.39 is 17.8 Å². The summed E-state index contributed by atoms with van der Waals surface area (Å²) in [7, 11) is 0. The van der Waals surface area contributed by atoms with Crippen molar-refractivity contribution in [3.8, 4) is 0 Å². The molecule has 0 saturated carbocycles. The second kappa shape index (κ2) is 7.84. The third kappa shape index (κ3) is 4.06. The number of rotatable bonds is 6. The Morgan fingerprint density at radius 3 is 2.36 bits per heavy atom. The van der Waals surface area contributed by atoms with E-state index in [9.17, 15) is 19.1 Å². The van der Waals surface area contributed by atoms with Gasteiger partial charge in [-0.25, -0.2) is 4.39 Å². The number of hydrogen-bond donors (Lipinski definition) is 3. The topological polar surface area (TPSA) is 82.2 Å². The van der Waals surface area contributed by atoms with Gasteiger partial charge in [0.05, 0.1) is 18.9 Å². The maximum Gasteiger partial charge on any atom is 0.305 e. The lowest BCUT2D eigenvalue weighted by molar-refractivity contribution is -0.137. The molecule has 1 amide bonds. The molecule has 1 aromatic heterocycles. The van der Waals surface area contributed by atoms with Gasteiger partial charge in [-0.05, 0) is 55.2 Å². The minimum Gasteiger partial charge on any atom is -0.481 e. The molecule has 1 heterocycles. The number of carboxylic acids is 1. The van der Waals surface area contributed by atoms with Crippen LogP contribution in [0.25, 0.3) is 10.9 Å². The normalized spacial score (nSPS) is 12.1. The van der Waals surface area contributed by atoms with Gasteiger partial charge in [-0.3, -0.25) is 9.59 Å². The van der Waals surface area contributed by atoms with Crippen LogP contribution in [0, 0.1) is 26.6 Å². The molecule has 0 saturated heterocycles. The molecule has 6 heteroatoms. The van der Waals surface area contributed by atoms with E-state index in [1.165, 1.54) is 24.3 Å². The van der Waals surface area contributed by atoms with Gasteiger partial charge in [0.2, 0.25) is 5.91 Å². The lowest BCUT2D eigenvalue weighted by Gasteiger charge is -2.18. The Balaban J connectivity index is 1.86. The number of carboxylic acid groups (broad SMARTS) is 1. The fourth-order valence-electron chi connectivity index (χ4n) is 3.56. The van der Waals surface area contributed by atoms with Gasteiger partial charge >= 0.3 is 5.97 Å². The largest absolute Gasteiger partial charge is 0.481 e. The van der Waals surface area contributed by atoms with E-state index in [1.807, 2.05) is 32.9 Å². The third-order valence-corrected chi connectivity index (χ3v) is 5.01. The van der Waals surface area contributed by atoms with Gasteiger partial charge in [-0.1, -0.05) is 24.3 Å². The number of benzene rings is 2. The molecule has 0 aliphatic rings. The van der Waals surface area contributed by atoms with Crippen molar-refractivity contribution in [2.24, 2.45) is 0 Å². The van der Waals surface area contributed by atoms with Crippen molar-refractivity contribution in [1.29, 1.82) is 0 Å². The van der Waals surface area contributed by atoms with Crippen LogP contribution < -0.4 is 5.32 Å². The van der Waals surface area contributed by atoms with E-state index >= 15 is 0 Å². The van der Waals surface area contributed by atoms with Crippen molar-refractivity contribution in [2.75, 3.05) is 0 Å². The third-order valence-electron chi connectivity index (χ3n) is 5.01. The van der Waals surface area contributed by atoms with Crippen LogP contribution in [-0.2, 0) is 16.0 Å². The second-order valence-electron chi connectivity index (χ2n) is 7.12. The highest BCUT2D eigenvalue weighted by atomic mass is 19.1. The summed E-state index contributed by atoms with van der Waals surface area (Å²) in [4.78, 5) is 27.3. The lowest BCUT2D eigenvalue weighted by atomic mass is 10.00. The predicted molar refractivity (Wildman–Crippen MR) is 106 cm³/mol. The Morgan fingerprint density at radius 1 is 1.07 bits per heavy atom. The van der Waals surface area contributed by atoms with Crippen LogP contribution in [0.5, 0.6) is 0 Å². The SMILES string of the molecule is Cc1[nH]c2c(C)ccc(C)c2c1CC(=O)N[C@@H](CC(=O)O)c1ccc(F)cc1. The van der Waals surface area contributed by atoms with Crippen molar-refractivity contribution < 1.29 is 19.1 Å². The molecule has 2 aromatic carbocycles. The number of carbonyl (C=O) groups excluding carboxylic acids is 1. The van der Waals surface area contributed by atoms with E-state index in [-0.39, 0.29) is 18.7 Å². The summed E-state index contributed by atoms with van der Waals surface area (Å²) < 4.78 is 13.2. The van der Waals surface area contributed by atoms with Gasteiger partial charge in [-0.2, -0.15) is 0 Å². The zero-order valence-electron chi connectivity index (χ0n) is 16.1. The first-order chi connectivity index (χ1) is 13.3. The summed E-state index contributed by atoms with van der Waals surface area (Å²) in [6.07, 6.45) is -0.143. The average Bonchev–Trinajstić information content (AvgIpc) is 2.95. The smallest absolute Gasteiger partial charge is 0.305 e. The van der Waals surface area contributed by atoms with Gasteiger partial charge < -0.3 is 15.4 Å². The summed E-state index contributed by atoms with van der Waals surface area (Å²) in [6, 6.07) is 8.84. The highest BCUT2D eigenvalue weighted by molar-refractivity contribution is 5.94. The number of aliphatic carboxylic acids is 1. The Morgan fingerprint density at radius 2 is 1.71 bits per heavy atom. The first-order valence-corrected chi connectivity index (χ1v) is 9.10. The summed E-state index contributed by atoms with van der Waals surface area (Å²) in [5, 5.41) is 13.0. The number of aromatic nitrogens is 1. The Bertz CT molecular complexity index is 1040. The molecule has 0 aliphatic carbocycles. The summed E-state index contributed by atoms with van der Waals surface area (Å²) in [5.74, 6) is -1.73. The molecule has 3 N–H and O–H groups in total. The Labute approximate surface area is 162 Å². The van der Waals surface area contributed by atoms with E-state index in [4.69, 9.17) is 0 Å². The molecule has 3 rings (SSSR count). The number of carbonyl (C=O) groups is 2. The first kappa shape index (κ1) is 19.6. The van der Waals surface area contributed by atoms with Gasteiger partial charge in [-0.15, -0.1) is 0 Å². The molecule has 146 valence electrons. The molecule has 0 aliphatic heterocycles. The zero-order chi connectivity index (χ0) is 20.4. The predicted octanol–water partition coefficient (Wildman–Crippen LogP) is 4.11. The van der Waals surface area contributed by atoms with Crippen molar-refractivity contribution >= 4 is 22.8 Å². The van der Waals surface area contributed by atoms with Crippen LogP contribution in [0.4, 0.5) is 4.39 Å². The number of amides is 1. The zero-order valence-corrected chi connectivity index (χ0v) is 16.1. The molecule has 1 atom stereocenters. The molecular formula is C22H23FN2O3. The lowest BCUT2D eigenvalue weighted by Crippen LogP contribution is -2.31. The van der Waals surface area contributed by atoms with Crippen molar-refractivity contribution in [3.63, 3.8) is 0 Å². The molecule has 3 aromatic rings. The number of H-pyrrole nitrogens is 1. The number of aryl methyl sites for hydroxylation is 3. The molecule has 0 unspecified atom stereocenters. The van der Waals surface area contributed by atoms with Gasteiger partial charge in [0.15, 0.2) is 0 Å². The molecule has 0 radical (unpaired) electrons. The molecule has 0 fully saturated rings. The quantitative estimate of drug-likeness (QED) is 0.600. The van der Waals surface area contributed by atoms with Crippen LogP contribution in [0.3, 0.4) is 0 Å². The van der Waals surface area contributed by atoms with Crippen LogP contribution in [0.2, 0.25) is 0 Å². The highest BCUT2D eigenvalue weighted by Crippen LogP contribution is 2.28. The number of hydrogen-bond acceptors (Lipinski definition) is 2. The van der Waals surface area contributed by atoms with E-state index in [0.717, 1.165) is 33.3 Å². The maximum atomic E-state index is 13.2. The number of nitrogens with one attached hydrogen (secondary N) is 2. The van der Waals surface area contributed by atoms with Crippen molar-refractivity contribution in [2.45, 2.75) is 39.7 Å². The maximum absolute atomic E-state index is 13.2. The van der Waals surface area contributed by atoms with Gasteiger partial charge in [0, 0.05) is 16.6 Å². The van der Waals surface area contributed by atoms with Gasteiger partial charge in [0.1, 0.15) is 5.82 Å². The summed E-state index contributed by atoms with van der Waals surface area (Å²) >= 11 is 0. The Kier molecular flexibility index (Phi) is 5.49. The fraction of sp³-hybridized carbons (Fsp3) is 0.273. The minimum atomic E-state index is -1.04. The monoisotopic (exact) mass is 382 g/mol. The summed E-state index contributed by atoms with van der Waals surface area (Å²) in [6.45, 7) is 5.94. The summed E-state index contributed by atoms with van der Waals surface area (Å²) in [5.41, 5.74) is 5.57. The van der Waals surface area contributed by atoms with E-state index in [1.54, 1.807) is 0 Å². The van der Waals surface area contributed by atoms with Crippen LogP contribution in [0.1, 0.15) is 40.4 Å². The molecule has 28 heavy (non-hydrogen) atoms. The van der Waals surface area contributed by atoms with Crippen molar-refractivity contribution in [3.05, 3.63) is 70.2 Å². The Hall–Kier alpha value is -3.15.